The molecule has 0 aliphatic carbocycles. The molecule has 1 fully saturated rings. The summed E-state index contributed by atoms with van der Waals surface area (Å²) < 4.78 is 4.87. The molecule has 0 saturated carbocycles. The van der Waals surface area contributed by atoms with Gasteiger partial charge in [-0.15, -0.1) is 0 Å². The maximum absolute atomic E-state index is 11.8. The zero-order valence-electron chi connectivity index (χ0n) is 12.8. The second kappa shape index (κ2) is 8.33. The van der Waals surface area contributed by atoms with Crippen LogP contribution in [0.15, 0.2) is 24.3 Å². The first-order valence-electron chi connectivity index (χ1n) is 7.54. The van der Waals surface area contributed by atoms with Crippen LogP contribution in [0.5, 0.6) is 0 Å². The van der Waals surface area contributed by atoms with Gasteiger partial charge in [0.2, 0.25) is 11.8 Å². The number of nitrogens with zero attached hydrogens (tertiary/aromatic N) is 1. The lowest BCUT2D eigenvalue weighted by Gasteiger charge is -2.28. The Bertz CT molecular complexity index is 594. The zero-order chi connectivity index (χ0) is 16.7. The van der Waals surface area contributed by atoms with Crippen molar-refractivity contribution in [3.8, 4) is 0 Å². The highest BCUT2D eigenvalue weighted by atomic mass is 16.5. The van der Waals surface area contributed by atoms with Crippen LogP contribution < -0.4 is 0 Å². The minimum absolute atomic E-state index is 0.0706. The summed E-state index contributed by atoms with van der Waals surface area (Å²) >= 11 is 0. The van der Waals surface area contributed by atoms with E-state index in [1.165, 1.54) is 4.90 Å². The molecule has 0 aromatic heterocycles. The number of carbonyl (C=O) groups is 4. The monoisotopic (exact) mass is 317 g/mol. The Morgan fingerprint density at radius 1 is 1.17 bits per heavy atom. The fourth-order valence-electron chi connectivity index (χ4n) is 2.29. The average molecular weight is 317 g/mol. The van der Waals surface area contributed by atoms with Gasteiger partial charge in [0.25, 0.3) is 0 Å². The van der Waals surface area contributed by atoms with Crippen molar-refractivity contribution in [3.63, 3.8) is 0 Å². The zero-order valence-corrected chi connectivity index (χ0v) is 12.8. The summed E-state index contributed by atoms with van der Waals surface area (Å²) in [4.78, 5) is 45.9. The molecule has 1 heterocycles. The third-order valence-corrected chi connectivity index (χ3v) is 3.65. The number of benzene rings is 1. The van der Waals surface area contributed by atoms with Crippen molar-refractivity contribution in [2.45, 2.75) is 25.7 Å². The molecule has 1 aromatic carbocycles. The smallest absolute Gasteiger partial charge is 0.230 e. The highest BCUT2D eigenvalue weighted by Crippen LogP contribution is 2.13. The van der Waals surface area contributed by atoms with Gasteiger partial charge in [-0.2, -0.15) is 0 Å². The molecule has 0 radical (unpaired) electrons. The number of aldehydes is 1. The van der Waals surface area contributed by atoms with Gasteiger partial charge in [0.1, 0.15) is 19.5 Å². The molecule has 122 valence electrons. The Balaban J connectivity index is 1.75. The molecule has 2 amide bonds. The molecular formula is C17H19NO5. The van der Waals surface area contributed by atoms with Crippen molar-refractivity contribution in [1.29, 1.82) is 0 Å². The Kier molecular flexibility index (Phi) is 6.17. The number of imide groups is 1. The number of ketones is 1. The van der Waals surface area contributed by atoms with E-state index in [4.69, 9.17) is 4.74 Å². The first-order chi connectivity index (χ1) is 11.1. The van der Waals surface area contributed by atoms with E-state index in [-0.39, 0.29) is 37.2 Å². The van der Waals surface area contributed by atoms with E-state index < -0.39 is 0 Å². The van der Waals surface area contributed by atoms with Crippen LogP contribution in [0, 0.1) is 0 Å². The van der Waals surface area contributed by atoms with Crippen LogP contribution in [0.3, 0.4) is 0 Å². The van der Waals surface area contributed by atoms with Crippen LogP contribution in [0.1, 0.15) is 24.0 Å². The Hall–Kier alpha value is -2.34. The lowest BCUT2D eigenvalue weighted by atomic mass is 10.0. The van der Waals surface area contributed by atoms with Crippen molar-refractivity contribution >= 4 is 23.9 Å². The summed E-state index contributed by atoms with van der Waals surface area (Å²) in [6.45, 7) is 0.391. The summed E-state index contributed by atoms with van der Waals surface area (Å²) in [5, 5.41) is 0. The van der Waals surface area contributed by atoms with E-state index in [0.29, 0.717) is 32.1 Å². The van der Waals surface area contributed by atoms with Gasteiger partial charge in [0.15, 0.2) is 5.78 Å². The molecule has 1 aromatic rings. The standard InChI is InChI=1S/C17H19NO5/c19-9-10-23-12-15(20)11-14-3-1-13(2-4-14)5-6-16(21)18-8-7-17(18)22/h1-4,9H,5-8,10-12H2. The molecular weight excluding hydrogens is 298 g/mol. The van der Waals surface area contributed by atoms with Gasteiger partial charge in [-0.05, 0) is 17.5 Å². The first kappa shape index (κ1) is 17.0. The highest BCUT2D eigenvalue weighted by molar-refractivity contribution is 5.99. The van der Waals surface area contributed by atoms with E-state index in [1.54, 1.807) is 0 Å². The largest absolute Gasteiger partial charge is 0.366 e. The number of hydrogen-bond acceptors (Lipinski definition) is 5. The van der Waals surface area contributed by atoms with Crippen LogP contribution in [-0.4, -0.2) is 48.5 Å². The van der Waals surface area contributed by atoms with Crippen LogP contribution in [0.2, 0.25) is 0 Å². The van der Waals surface area contributed by atoms with Gasteiger partial charge in [-0.3, -0.25) is 19.3 Å². The molecule has 0 atom stereocenters. The summed E-state index contributed by atoms with van der Waals surface area (Å²) in [7, 11) is 0. The highest BCUT2D eigenvalue weighted by Gasteiger charge is 2.29. The van der Waals surface area contributed by atoms with E-state index in [1.807, 2.05) is 24.3 Å². The quantitative estimate of drug-likeness (QED) is 0.380. The molecule has 0 spiro atoms. The van der Waals surface area contributed by atoms with Crippen LogP contribution in [0.25, 0.3) is 0 Å². The van der Waals surface area contributed by atoms with Gasteiger partial charge in [-0.25, -0.2) is 0 Å². The predicted octanol–water partition coefficient (Wildman–Crippen LogP) is 0.705. The maximum Gasteiger partial charge on any atom is 0.230 e. The minimum atomic E-state index is -0.132. The first-order valence-corrected chi connectivity index (χ1v) is 7.54. The van der Waals surface area contributed by atoms with Gasteiger partial charge in [-0.1, -0.05) is 24.3 Å². The normalized spacial score (nSPS) is 13.6. The summed E-state index contributed by atoms with van der Waals surface area (Å²) in [6, 6.07) is 7.43. The SMILES string of the molecule is O=CCOCC(=O)Cc1ccc(CCC(=O)N2CCC2=O)cc1. The lowest BCUT2D eigenvalue weighted by Crippen LogP contribution is -2.47. The molecule has 1 saturated heterocycles. The van der Waals surface area contributed by atoms with E-state index in [9.17, 15) is 19.2 Å². The van der Waals surface area contributed by atoms with Crippen molar-refractivity contribution in [1.82, 2.24) is 4.90 Å². The van der Waals surface area contributed by atoms with Crippen LogP contribution in [0.4, 0.5) is 0 Å². The third-order valence-electron chi connectivity index (χ3n) is 3.65. The Labute approximate surface area is 134 Å². The minimum Gasteiger partial charge on any atom is -0.366 e. The molecule has 0 N–H and O–H groups in total. The van der Waals surface area contributed by atoms with E-state index in [2.05, 4.69) is 0 Å². The number of aryl methyl sites for hydroxylation is 1. The molecule has 23 heavy (non-hydrogen) atoms. The summed E-state index contributed by atoms with van der Waals surface area (Å²) in [5.74, 6) is -0.320. The molecule has 2 rings (SSSR count). The van der Waals surface area contributed by atoms with Gasteiger partial charge in [0.05, 0.1) is 0 Å². The number of likely N-dealkylation sites (tertiary alicyclic amines) is 1. The van der Waals surface area contributed by atoms with Crippen molar-refractivity contribution in [2.24, 2.45) is 0 Å². The van der Waals surface area contributed by atoms with E-state index >= 15 is 0 Å². The fourth-order valence-corrected chi connectivity index (χ4v) is 2.29. The summed E-state index contributed by atoms with van der Waals surface area (Å²) in [5.41, 5.74) is 1.84. The number of rotatable bonds is 9. The number of ether oxygens (including phenoxy) is 1. The van der Waals surface area contributed by atoms with E-state index in [0.717, 1.165) is 11.1 Å². The fraction of sp³-hybridized carbons (Fsp3) is 0.412. The second-order valence-electron chi connectivity index (χ2n) is 5.40. The van der Waals surface area contributed by atoms with Gasteiger partial charge < -0.3 is 9.53 Å². The number of β-lactam (4-membered cyclic amide) rings is 1. The molecule has 0 unspecified atom stereocenters. The summed E-state index contributed by atoms with van der Waals surface area (Å²) in [6.07, 6.45) is 2.20. The number of Topliss-reactive ketones (excluding diaryl/α,β-unsaturated/α-hetero) is 1. The predicted molar refractivity (Wildman–Crippen MR) is 81.7 cm³/mol. The lowest BCUT2D eigenvalue weighted by molar-refractivity contribution is -0.152. The maximum atomic E-state index is 11.8. The van der Waals surface area contributed by atoms with Crippen molar-refractivity contribution in [3.05, 3.63) is 35.4 Å². The molecule has 6 nitrogen and oxygen atoms in total. The topological polar surface area (TPSA) is 80.8 Å². The Morgan fingerprint density at radius 2 is 1.87 bits per heavy atom. The Morgan fingerprint density at radius 3 is 2.43 bits per heavy atom. The van der Waals surface area contributed by atoms with Gasteiger partial charge >= 0.3 is 0 Å². The third kappa shape index (κ3) is 5.10. The molecule has 1 aliphatic heterocycles. The molecule has 1 aliphatic rings. The second-order valence-corrected chi connectivity index (χ2v) is 5.40. The number of amides is 2. The van der Waals surface area contributed by atoms with Crippen molar-refractivity contribution < 1.29 is 23.9 Å². The van der Waals surface area contributed by atoms with Gasteiger partial charge in [0, 0.05) is 25.8 Å². The molecule has 6 heteroatoms. The average Bonchev–Trinajstić information content (AvgIpc) is 2.53. The van der Waals surface area contributed by atoms with Crippen LogP contribution >= 0.6 is 0 Å². The van der Waals surface area contributed by atoms with Crippen molar-refractivity contribution in [2.75, 3.05) is 19.8 Å². The van der Waals surface area contributed by atoms with Crippen LogP contribution in [-0.2, 0) is 36.8 Å². The molecule has 0 bridgehead atoms. The number of carbonyl (C=O) groups excluding carboxylic acids is 4. The number of hydrogen-bond donors (Lipinski definition) is 0.